The molecule has 7 heteroatoms. The number of amides is 1. The summed E-state index contributed by atoms with van der Waals surface area (Å²) in [5, 5.41) is 4.26. The Morgan fingerprint density at radius 1 is 1.19 bits per heavy atom. The maximum absolute atomic E-state index is 12.8. The first-order valence-electron chi connectivity index (χ1n) is 8.92. The summed E-state index contributed by atoms with van der Waals surface area (Å²) in [7, 11) is 1.83. The van der Waals surface area contributed by atoms with E-state index in [9.17, 15) is 4.79 Å². The van der Waals surface area contributed by atoms with Crippen molar-refractivity contribution < 1.29 is 4.79 Å². The Balaban J connectivity index is 1.43. The van der Waals surface area contributed by atoms with Crippen LogP contribution in [0.5, 0.6) is 0 Å². The summed E-state index contributed by atoms with van der Waals surface area (Å²) in [6.07, 6.45) is 9.38. The number of carbonyl (C=O) groups is 1. The zero-order valence-corrected chi connectivity index (χ0v) is 14.7. The second kappa shape index (κ2) is 5.52. The SMILES string of the molecule is Cn1ccc(C(=O)N2CC[C@@]3(CCn4c(-c5cccnc5)cnc43)C2)n1. The van der Waals surface area contributed by atoms with E-state index < -0.39 is 0 Å². The number of hydrogen-bond acceptors (Lipinski definition) is 4. The number of aryl methyl sites for hydroxylation is 1. The fourth-order valence-electron chi connectivity index (χ4n) is 4.33. The number of carbonyl (C=O) groups excluding carboxylic acids is 1. The summed E-state index contributed by atoms with van der Waals surface area (Å²) in [5.74, 6) is 1.12. The number of hydrogen-bond donors (Lipinski definition) is 0. The van der Waals surface area contributed by atoms with E-state index in [-0.39, 0.29) is 11.3 Å². The van der Waals surface area contributed by atoms with Gasteiger partial charge in [-0.1, -0.05) is 0 Å². The minimum absolute atomic E-state index is 0.0139. The molecule has 2 aliphatic heterocycles. The number of pyridine rings is 1. The third-order valence-electron chi connectivity index (χ3n) is 5.67. The monoisotopic (exact) mass is 348 g/mol. The summed E-state index contributed by atoms with van der Waals surface area (Å²) in [6.45, 7) is 2.40. The topological polar surface area (TPSA) is 68.8 Å². The highest BCUT2D eigenvalue weighted by Gasteiger charge is 2.48. The van der Waals surface area contributed by atoms with Gasteiger partial charge in [-0.2, -0.15) is 5.10 Å². The second-order valence-corrected chi connectivity index (χ2v) is 7.24. The molecule has 1 spiro atoms. The van der Waals surface area contributed by atoms with E-state index >= 15 is 0 Å². The molecule has 1 atom stereocenters. The van der Waals surface area contributed by atoms with Gasteiger partial charge < -0.3 is 9.47 Å². The zero-order chi connectivity index (χ0) is 17.7. The Kier molecular flexibility index (Phi) is 3.25. The molecule has 1 amide bonds. The van der Waals surface area contributed by atoms with Gasteiger partial charge in [-0.05, 0) is 31.0 Å². The van der Waals surface area contributed by atoms with Crippen LogP contribution in [0.2, 0.25) is 0 Å². The van der Waals surface area contributed by atoms with Gasteiger partial charge in [0.25, 0.3) is 5.91 Å². The fraction of sp³-hybridized carbons (Fsp3) is 0.368. The molecule has 132 valence electrons. The second-order valence-electron chi connectivity index (χ2n) is 7.24. The van der Waals surface area contributed by atoms with Crippen LogP contribution in [-0.2, 0) is 19.0 Å². The molecule has 3 aromatic heterocycles. The van der Waals surface area contributed by atoms with E-state index in [2.05, 4.69) is 20.7 Å². The van der Waals surface area contributed by atoms with Crippen molar-refractivity contribution in [3.05, 3.63) is 54.5 Å². The molecule has 26 heavy (non-hydrogen) atoms. The van der Waals surface area contributed by atoms with Crippen molar-refractivity contribution in [1.82, 2.24) is 29.2 Å². The molecule has 0 aliphatic carbocycles. The van der Waals surface area contributed by atoms with Gasteiger partial charge in [-0.3, -0.25) is 14.5 Å². The number of aromatic nitrogens is 5. The van der Waals surface area contributed by atoms with Crippen LogP contribution in [0.25, 0.3) is 11.3 Å². The van der Waals surface area contributed by atoms with Gasteiger partial charge in [0.1, 0.15) is 11.5 Å². The molecule has 3 aromatic rings. The van der Waals surface area contributed by atoms with Crippen molar-refractivity contribution in [2.24, 2.45) is 7.05 Å². The van der Waals surface area contributed by atoms with Crippen molar-refractivity contribution in [2.45, 2.75) is 24.8 Å². The number of nitrogens with zero attached hydrogens (tertiary/aromatic N) is 6. The zero-order valence-electron chi connectivity index (χ0n) is 14.7. The largest absolute Gasteiger partial charge is 0.336 e. The summed E-state index contributed by atoms with van der Waals surface area (Å²) >= 11 is 0. The predicted octanol–water partition coefficient (Wildman–Crippen LogP) is 1.87. The minimum Gasteiger partial charge on any atom is -0.336 e. The highest BCUT2D eigenvalue weighted by molar-refractivity contribution is 5.92. The lowest BCUT2D eigenvalue weighted by Crippen LogP contribution is -2.34. The maximum Gasteiger partial charge on any atom is 0.274 e. The molecular formula is C19H20N6O. The molecule has 0 N–H and O–H groups in total. The molecule has 0 saturated carbocycles. The highest BCUT2D eigenvalue weighted by Crippen LogP contribution is 2.44. The number of rotatable bonds is 2. The number of imidazole rings is 1. The lowest BCUT2D eigenvalue weighted by atomic mass is 9.85. The van der Waals surface area contributed by atoms with Gasteiger partial charge in [0.15, 0.2) is 0 Å². The molecule has 5 heterocycles. The van der Waals surface area contributed by atoms with Crippen LogP contribution in [0.1, 0.15) is 29.2 Å². The predicted molar refractivity (Wildman–Crippen MR) is 95.5 cm³/mol. The molecule has 1 saturated heterocycles. The molecule has 1 fully saturated rings. The van der Waals surface area contributed by atoms with E-state index in [1.807, 2.05) is 36.6 Å². The van der Waals surface area contributed by atoms with Crippen LogP contribution in [0, 0.1) is 0 Å². The first kappa shape index (κ1) is 15.3. The van der Waals surface area contributed by atoms with Crippen LogP contribution in [0.15, 0.2) is 43.0 Å². The summed E-state index contributed by atoms with van der Waals surface area (Å²) in [6, 6.07) is 5.79. The molecule has 7 nitrogen and oxygen atoms in total. The Morgan fingerprint density at radius 3 is 2.85 bits per heavy atom. The van der Waals surface area contributed by atoms with Crippen molar-refractivity contribution in [3.63, 3.8) is 0 Å². The van der Waals surface area contributed by atoms with Crippen LogP contribution in [-0.4, -0.2) is 48.2 Å². The number of fused-ring (bicyclic) bond motifs is 2. The summed E-state index contributed by atoms with van der Waals surface area (Å²) in [5.41, 5.74) is 2.68. The van der Waals surface area contributed by atoms with E-state index in [0.29, 0.717) is 12.2 Å². The molecule has 2 aliphatic rings. The third kappa shape index (κ3) is 2.20. The molecule has 0 radical (unpaired) electrons. The standard InChI is InChI=1S/C19H20N6O/c1-23-8-4-15(22-23)17(26)24-9-5-19(13-24)6-10-25-16(12-21-18(19)25)14-3-2-7-20-11-14/h2-4,7-8,11-12H,5-6,9-10,13H2,1H3/t19-/m1/s1. The first-order chi connectivity index (χ1) is 12.7. The Labute approximate surface area is 151 Å². The first-order valence-corrected chi connectivity index (χ1v) is 8.92. The van der Waals surface area contributed by atoms with Gasteiger partial charge in [0, 0.05) is 56.3 Å². The number of likely N-dealkylation sites (tertiary alicyclic amines) is 1. The molecule has 0 unspecified atom stereocenters. The van der Waals surface area contributed by atoms with E-state index in [1.165, 1.54) is 0 Å². The Hall–Kier alpha value is -2.96. The quantitative estimate of drug-likeness (QED) is 0.709. The minimum atomic E-state index is -0.0368. The van der Waals surface area contributed by atoms with Crippen molar-refractivity contribution >= 4 is 5.91 Å². The summed E-state index contributed by atoms with van der Waals surface area (Å²) in [4.78, 5) is 23.7. The molecular weight excluding hydrogens is 328 g/mol. The van der Waals surface area contributed by atoms with Crippen LogP contribution in [0.3, 0.4) is 0 Å². The van der Waals surface area contributed by atoms with Gasteiger partial charge in [0.05, 0.1) is 11.9 Å². The Bertz CT molecular complexity index is 975. The highest BCUT2D eigenvalue weighted by atomic mass is 16.2. The van der Waals surface area contributed by atoms with Crippen LogP contribution in [0.4, 0.5) is 0 Å². The van der Waals surface area contributed by atoms with Crippen molar-refractivity contribution in [3.8, 4) is 11.3 Å². The van der Waals surface area contributed by atoms with E-state index in [1.54, 1.807) is 16.9 Å². The Morgan fingerprint density at radius 2 is 2.08 bits per heavy atom. The maximum atomic E-state index is 12.8. The van der Waals surface area contributed by atoms with Gasteiger partial charge >= 0.3 is 0 Å². The van der Waals surface area contributed by atoms with Crippen LogP contribution >= 0.6 is 0 Å². The third-order valence-corrected chi connectivity index (χ3v) is 5.67. The lowest BCUT2D eigenvalue weighted by molar-refractivity contribution is 0.0776. The van der Waals surface area contributed by atoms with Crippen molar-refractivity contribution in [1.29, 1.82) is 0 Å². The van der Waals surface area contributed by atoms with E-state index in [4.69, 9.17) is 4.98 Å². The average molecular weight is 348 g/mol. The normalized spacial score (nSPS) is 21.5. The molecule has 5 rings (SSSR count). The fourth-order valence-corrected chi connectivity index (χ4v) is 4.33. The van der Waals surface area contributed by atoms with E-state index in [0.717, 1.165) is 43.0 Å². The van der Waals surface area contributed by atoms with Gasteiger partial charge in [-0.25, -0.2) is 4.98 Å². The van der Waals surface area contributed by atoms with Crippen molar-refractivity contribution in [2.75, 3.05) is 13.1 Å². The van der Waals surface area contributed by atoms with Gasteiger partial charge in [0.2, 0.25) is 0 Å². The smallest absolute Gasteiger partial charge is 0.274 e. The summed E-state index contributed by atoms with van der Waals surface area (Å²) < 4.78 is 3.97. The lowest BCUT2D eigenvalue weighted by Gasteiger charge is -2.22. The molecule has 0 bridgehead atoms. The van der Waals surface area contributed by atoms with Crippen LogP contribution < -0.4 is 0 Å². The van der Waals surface area contributed by atoms with Gasteiger partial charge in [-0.15, -0.1) is 0 Å². The molecule has 0 aromatic carbocycles. The average Bonchev–Trinajstić information content (AvgIpc) is 3.42.